The minimum atomic E-state index is -5.79. The van der Waals surface area contributed by atoms with Crippen molar-refractivity contribution in [2.24, 2.45) is 0 Å². The van der Waals surface area contributed by atoms with Crippen LogP contribution in [0.5, 0.6) is 0 Å². The summed E-state index contributed by atoms with van der Waals surface area (Å²) in [5, 5.41) is 0.499. The third-order valence-electron chi connectivity index (χ3n) is 1.01. The number of hydrogen-bond acceptors (Lipinski definition) is 1. The summed E-state index contributed by atoms with van der Waals surface area (Å²) in [6, 6.07) is -5.22. The van der Waals surface area contributed by atoms with Gasteiger partial charge in [-0.2, -0.15) is 22.0 Å². The van der Waals surface area contributed by atoms with E-state index in [1.54, 1.807) is 0 Å². The molecule has 0 spiro atoms. The quantitative estimate of drug-likeness (QED) is 0.414. The van der Waals surface area contributed by atoms with Gasteiger partial charge in [-0.25, -0.2) is 0 Å². The molecule has 2 nitrogen and oxygen atoms in total. The first-order valence-electron chi connectivity index (χ1n) is 3.00. The average molecular weight is 203 g/mol. The number of alkyl halides is 5. The number of carbonyl (C=O) groups is 1. The van der Waals surface area contributed by atoms with Crippen molar-refractivity contribution >= 4 is 5.91 Å². The van der Waals surface area contributed by atoms with Gasteiger partial charge in [-0.3, -0.25) is 10.1 Å². The van der Waals surface area contributed by atoms with Crippen LogP contribution in [-0.4, -0.2) is 18.1 Å². The van der Waals surface area contributed by atoms with E-state index in [1.807, 2.05) is 0 Å². The summed E-state index contributed by atoms with van der Waals surface area (Å²) in [4.78, 5) is 10.4. The van der Waals surface area contributed by atoms with Gasteiger partial charge in [0.05, 0.1) is 0 Å². The fourth-order valence-electron chi connectivity index (χ4n) is 0.320. The lowest BCUT2D eigenvalue weighted by molar-refractivity contribution is -0.292. The molecular weight excluding hydrogens is 197 g/mol. The highest BCUT2D eigenvalue weighted by atomic mass is 19.4. The molecule has 0 fully saturated rings. The van der Waals surface area contributed by atoms with Crippen LogP contribution in [0, 0.1) is 0 Å². The largest absolute Gasteiger partial charge is 0.475 e. The van der Waals surface area contributed by atoms with Crippen LogP contribution in [0.1, 0.15) is 6.92 Å². The summed E-state index contributed by atoms with van der Waals surface area (Å²) in [7, 11) is 0. The third-order valence-corrected chi connectivity index (χ3v) is 1.01. The summed E-state index contributed by atoms with van der Waals surface area (Å²) in [5.74, 6) is -1.54. The summed E-state index contributed by atoms with van der Waals surface area (Å²) in [6.45, 7) is 3.92. The zero-order valence-electron chi connectivity index (χ0n) is 6.51. The van der Waals surface area contributed by atoms with E-state index in [0.717, 1.165) is 6.92 Å². The van der Waals surface area contributed by atoms with Gasteiger partial charge in [0.15, 0.2) is 0 Å². The molecule has 0 aliphatic rings. The molecule has 1 N–H and O–H groups in total. The Kier molecular flexibility index (Phi) is 3.02. The first-order valence-corrected chi connectivity index (χ1v) is 3.00. The van der Waals surface area contributed by atoms with Crippen LogP contribution in [0.4, 0.5) is 22.0 Å². The Labute approximate surface area is 70.4 Å². The van der Waals surface area contributed by atoms with Crippen molar-refractivity contribution in [2.75, 3.05) is 0 Å². The molecule has 0 rings (SSSR count). The molecule has 0 aromatic carbocycles. The molecule has 0 aromatic heterocycles. The molecule has 0 saturated carbocycles. The van der Waals surface area contributed by atoms with E-state index in [0.29, 0.717) is 5.32 Å². The van der Waals surface area contributed by atoms with Gasteiger partial charge in [0, 0.05) is 5.57 Å². The molecule has 1 amide bonds. The van der Waals surface area contributed by atoms with E-state index in [-0.39, 0.29) is 0 Å². The second kappa shape index (κ2) is 3.31. The lowest BCUT2D eigenvalue weighted by Gasteiger charge is -2.20. The van der Waals surface area contributed by atoms with Crippen LogP contribution < -0.4 is 5.32 Å². The standard InChI is InChI=1S/C6H6F5NO/c1-3(2)4(13)12-6(10,11)5(7,8)9/h1H2,2H3,(H,12,13). The van der Waals surface area contributed by atoms with Gasteiger partial charge < -0.3 is 0 Å². The number of hydrogen-bond donors (Lipinski definition) is 1. The van der Waals surface area contributed by atoms with Crippen molar-refractivity contribution in [3.63, 3.8) is 0 Å². The molecule has 0 unspecified atom stereocenters. The Morgan fingerprint density at radius 2 is 1.62 bits per heavy atom. The van der Waals surface area contributed by atoms with Crippen LogP contribution in [0.15, 0.2) is 12.2 Å². The number of carbonyl (C=O) groups excluding carboxylic acids is 1. The second-order valence-corrected chi connectivity index (χ2v) is 2.31. The highest BCUT2D eigenvalue weighted by molar-refractivity contribution is 5.92. The SMILES string of the molecule is C=C(C)C(=O)NC(F)(F)C(F)(F)F. The van der Waals surface area contributed by atoms with E-state index in [2.05, 4.69) is 6.58 Å². The normalized spacial score (nSPS) is 12.5. The maximum absolute atomic E-state index is 12.0. The Hall–Kier alpha value is -1.14. The van der Waals surface area contributed by atoms with Gasteiger partial charge in [-0.1, -0.05) is 6.58 Å². The minimum absolute atomic E-state index is 0.427. The Bertz CT molecular complexity index is 232. The maximum atomic E-state index is 12.0. The van der Waals surface area contributed by atoms with E-state index in [9.17, 15) is 26.7 Å². The van der Waals surface area contributed by atoms with Crippen LogP contribution >= 0.6 is 0 Å². The van der Waals surface area contributed by atoms with E-state index >= 15 is 0 Å². The topological polar surface area (TPSA) is 29.1 Å². The monoisotopic (exact) mass is 203 g/mol. The van der Waals surface area contributed by atoms with Crippen molar-refractivity contribution < 1.29 is 26.7 Å². The summed E-state index contributed by atoms with van der Waals surface area (Å²) in [5.41, 5.74) is -0.427. The predicted octanol–water partition coefficient (Wildman–Crippen LogP) is 1.83. The van der Waals surface area contributed by atoms with Crippen molar-refractivity contribution in [3.8, 4) is 0 Å². The summed E-state index contributed by atoms with van der Waals surface area (Å²) in [6.07, 6.45) is -5.79. The van der Waals surface area contributed by atoms with Gasteiger partial charge in [-0.05, 0) is 6.92 Å². The first-order chi connectivity index (χ1) is 5.58. The first kappa shape index (κ1) is 11.9. The molecular formula is C6H6F5NO. The van der Waals surface area contributed by atoms with Crippen LogP contribution in [0.3, 0.4) is 0 Å². The van der Waals surface area contributed by atoms with Crippen LogP contribution in [-0.2, 0) is 4.79 Å². The molecule has 0 radical (unpaired) electrons. The molecule has 0 aromatic rings. The van der Waals surface area contributed by atoms with E-state index in [4.69, 9.17) is 0 Å². The van der Waals surface area contributed by atoms with Crippen molar-refractivity contribution in [2.45, 2.75) is 19.1 Å². The number of nitrogens with one attached hydrogen (secondary N) is 1. The number of halogens is 5. The number of amides is 1. The molecule has 0 bridgehead atoms. The fourth-order valence-corrected chi connectivity index (χ4v) is 0.320. The molecule has 0 atom stereocenters. The minimum Gasteiger partial charge on any atom is -0.286 e. The zero-order valence-corrected chi connectivity index (χ0v) is 6.51. The smallest absolute Gasteiger partial charge is 0.286 e. The van der Waals surface area contributed by atoms with Gasteiger partial charge in [0.25, 0.3) is 5.91 Å². The van der Waals surface area contributed by atoms with Gasteiger partial charge in [0.2, 0.25) is 0 Å². The molecule has 7 heteroatoms. The predicted molar refractivity (Wildman–Crippen MR) is 34.0 cm³/mol. The van der Waals surface area contributed by atoms with E-state index in [1.165, 1.54) is 0 Å². The van der Waals surface area contributed by atoms with Gasteiger partial charge >= 0.3 is 12.2 Å². The molecule has 76 valence electrons. The Morgan fingerprint density at radius 3 is 1.85 bits per heavy atom. The second-order valence-electron chi connectivity index (χ2n) is 2.31. The summed E-state index contributed by atoms with van der Waals surface area (Å²) < 4.78 is 58.5. The Morgan fingerprint density at radius 1 is 1.23 bits per heavy atom. The number of rotatable bonds is 2. The van der Waals surface area contributed by atoms with Crippen molar-refractivity contribution in [1.82, 2.24) is 5.32 Å². The van der Waals surface area contributed by atoms with Crippen molar-refractivity contribution in [1.29, 1.82) is 0 Å². The van der Waals surface area contributed by atoms with E-state index < -0.39 is 23.7 Å². The van der Waals surface area contributed by atoms with Crippen LogP contribution in [0.2, 0.25) is 0 Å². The molecule has 0 heterocycles. The molecule has 13 heavy (non-hydrogen) atoms. The molecule has 0 saturated heterocycles. The molecule has 0 aliphatic heterocycles. The van der Waals surface area contributed by atoms with Gasteiger partial charge in [-0.15, -0.1) is 0 Å². The fraction of sp³-hybridized carbons (Fsp3) is 0.500. The zero-order chi connectivity index (χ0) is 10.9. The summed E-state index contributed by atoms with van der Waals surface area (Å²) >= 11 is 0. The third kappa shape index (κ3) is 3.00. The average Bonchev–Trinajstić information content (AvgIpc) is 1.83. The Balaban J connectivity index is 4.53. The maximum Gasteiger partial charge on any atom is 0.475 e. The van der Waals surface area contributed by atoms with Crippen molar-refractivity contribution in [3.05, 3.63) is 12.2 Å². The highest BCUT2D eigenvalue weighted by Crippen LogP contribution is 2.32. The lowest BCUT2D eigenvalue weighted by atomic mass is 10.3. The van der Waals surface area contributed by atoms with Crippen LogP contribution in [0.25, 0.3) is 0 Å². The lowest BCUT2D eigenvalue weighted by Crippen LogP contribution is -2.52. The molecule has 0 aliphatic carbocycles. The van der Waals surface area contributed by atoms with Gasteiger partial charge in [0.1, 0.15) is 0 Å². The highest BCUT2D eigenvalue weighted by Gasteiger charge is 2.58.